The van der Waals surface area contributed by atoms with Crippen LogP contribution in [0, 0.1) is 10.1 Å². The number of furan rings is 1. The first kappa shape index (κ1) is 11.8. The molecule has 6 nitrogen and oxygen atoms in total. The molecule has 0 aliphatic carbocycles. The average molecular weight is 247 g/mol. The van der Waals surface area contributed by atoms with Crippen LogP contribution in [-0.2, 0) is 4.74 Å². The third-order valence-electron chi connectivity index (χ3n) is 2.41. The fourth-order valence-electron chi connectivity index (χ4n) is 1.57. The van der Waals surface area contributed by atoms with Gasteiger partial charge in [0.25, 0.3) is 5.69 Å². The highest BCUT2D eigenvalue weighted by atomic mass is 16.6. The molecule has 0 amide bonds. The number of nitrogens with zero attached hydrogens (tertiary/aromatic N) is 1. The van der Waals surface area contributed by atoms with Crippen LogP contribution >= 0.6 is 0 Å². The second-order valence-corrected chi connectivity index (χ2v) is 3.46. The van der Waals surface area contributed by atoms with Gasteiger partial charge >= 0.3 is 5.97 Å². The lowest BCUT2D eigenvalue weighted by atomic mass is 10.0. The Hall–Kier alpha value is -2.63. The Labute approximate surface area is 102 Å². The van der Waals surface area contributed by atoms with Gasteiger partial charge < -0.3 is 9.15 Å². The smallest absolute Gasteiger partial charge is 0.338 e. The Bertz CT molecular complexity index is 589. The Morgan fingerprint density at radius 2 is 2.17 bits per heavy atom. The van der Waals surface area contributed by atoms with Gasteiger partial charge in [-0.15, -0.1) is 0 Å². The highest BCUT2D eigenvalue weighted by Gasteiger charge is 2.19. The molecule has 92 valence electrons. The fourth-order valence-corrected chi connectivity index (χ4v) is 1.57. The topological polar surface area (TPSA) is 82.6 Å². The summed E-state index contributed by atoms with van der Waals surface area (Å²) < 4.78 is 9.78. The van der Waals surface area contributed by atoms with Gasteiger partial charge in [0.15, 0.2) is 0 Å². The van der Waals surface area contributed by atoms with Crippen LogP contribution in [0.5, 0.6) is 0 Å². The maximum absolute atomic E-state index is 11.6. The number of hydrogen-bond acceptors (Lipinski definition) is 5. The van der Waals surface area contributed by atoms with Crippen LogP contribution in [0.1, 0.15) is 10.4 Å². The first-order valence-corrected chi connectivity index (χ1v) is 5.04. The number of esters is 1. The van der Waals surface area contributed by atoms with Crippen molar-refractivity contribution < 1.29 is 18.9 Å². The standard InChI is InChI=1S/C12H9NO5/c1-17-12(14)9-5-4-8(13(15)16)7-10(9)11-3-2-6-18-11/h2-7H,1H3. The summed E-state index contributed by atoms with van der Waals surface area (Å²) in [6, 6.07) is 7.13. The van der Waals surface area contributed by atoms with E-state index in [2.05, 4.69) is 4.74 Å². The SMILES string of the molecule is COC(=O)c1ccc([N+](=O)[O-])cc1-c1ccco1. The lowest BCUT2D eigenvalue weighted by Crippen LogP contribution is -2.04. The molecule has 0 N–H and O–H groups in total. The van der Waals surface area contributed by atoms with Crippen molar-refractivity contribution in [1.29, 1.82) is 0 Å². The Kier molecular flexibility index (Phi) is 3.09. The molecule has 0 radical (unpaired) electrons. The molecule has 18 heavy (non-hydrogen) atoms. The van der Waals surface area contributed by atoms with Crippen LogP contribution < -0.4 is 0 Å². The number of benzene rings is 1. The maximum atomic E-state index is 11.6. The van der Waals surface area contributed by atoms with Crippen molar-refractivity contribution in [3.05, 3.63) is 52.3 Å². The predicted octanol–water partition coefficient (Wildman–Crippen LogP) is 2.64. The fraction of sp³-hybridized carbons (Fsp3) is 0.0833. The summed E-state index contributed by atoms with van der Waals surface area (Å²) in [7, 11) is 1.25. The summed E-state index contributed by atoms with van der Waals surface area (Å²) >= 11 is 0. The third kappa shape index (κ3) is 2.08. The number of nitro benzene ring substituents is 1. The molecule has 1 heterocycles. The molecule has 0 saturated heterocycles. The van der Waals surface area contributed by atoms with E-state index < -0.39 is 10.9 Å². The zero-order chi connectivity index (χ0) is 13.1. The molecule has 0 atom stereocenters. The Balaban J connectivity index is 2.61. The predicted molar refractivity (Wildman–Crippen MR) is 62.1 cm³/mol. The van der Waals surface area contributed by atoms with Crippen molar-refractivity contribution in [2.75, 3.05) is 7.11 Å². The van der Waals surface area contributed by atoms with E-state index in [9.17, 15) is 14.9 Å². The summed E-state index contributed by atoms with van der Waals surface area (Å²) in [5.74, 6) is -0.199. The number of ether oxygens (including phenoxy) is 1. The van der Waals surface area contributed by atoms with Crippen molar-refractivity contribution in [3.8, 4) is 11.3 Å². The van der Waals surface area contributed by atoms with Gasteiger partial charge in [0, 0.05) is 17.7 Å². The first-order valence-electron chi connectivity index (χ1n) is 5.04. The summed E-state index contributed by atoms with van der Waals surface area (Å²) in [5, 5.41) is 10.7. The third-order valence-corrected chi connectivity index (χ3v) is 2.41. The zero-order valence-corrected chi connectivity index (χ0v) is 9.45. The van der Waals surface area contributed by atoms with Crippen molar-refractivity contribution in [2.45, 2.75) is 0 Å². The monoisotopic (exact) mass is 247 g/mol. The highest BCUT2D eigenvalue weighted by Crippen LogP contribution is 2.28. The van der Waals surface area contributed by atoms with E-state index in [0.29, 0.717) is 11.3 Å². The van der Waals surface area contributed by atoms with Gasteiger partial charge in [0.2, 0.25) is 0 Å². The number of hydrogen-bond donors (Lipinski definition) is 0. The number of rotatable bonds is 3. The van der Waals surface area contributed by atoms with Gasteiger partial charge in [-0.25, -0.2) is 4.79 Å². The van der Waals surface area contributed by atoms with Gasteiger partial charge in [-0.05, 0) is 18.2 Å². The highest BCUT2D eigenvalue weighted by molar-refractivity contribution is 5.97. The average Bonchev–Trinajstić information content (AvgIpc) is 2.90. The van der Waals surface area contributed by atoms with E-state index in [-0.39, 0.29) is 11.3 Å². The number of non-ortho nitro benzene ring substituents is 1. The van der Waals surface area contributed by atoms with Crippen molar-refractivity contribution in [3.63, 3.8) is 0 Å². The number of carbonyl (C=O) groups excluding carboxylic acids is 1. The molecule has 0 saturated carbocycles. The summed E-state index contributed by atoms with van der Waals surface area (Å²) in [6.07, 6.45) is 1.43. The normalized spacial score (nSPS) is 10.1. The van der Waals surface area contributed by atoms with E-state index in [0.717, 1.165) is 0 Å². The van der Waals surface area contributed by atoms with E-state index in [4.69, 9.17) is 4.42 Å². The second-order valence-electron chi connectivity index (χ2n) is 3.46. The molecule has 2 rings (SSSR count). The van der Waals surface area contributed by atoms with Crippen LogP contribution in [-0.4, -0.2) is 18.0 Å². The Morgan fingerprint density at radius 3 is 2.72 bits per heavy atom. The van der Waals surface area contributed by atoms with E-state index >= 15 is 0 Å². The zero-order valence-electron chi connectivity index (χ0n) is 9.45. The maximum Gasteiger partial charge on any atom is 0.338 e. The molecule has 0 unspecified atom stereocenters. The van der Waals surface area contributed by atoms with Gasteiger partial charge in [-0.1, -0.05) is 0 Å². The largest absolute Gasteiger partial charge is 0.465 e. The molecule has 0 aliphatic rings. The van der Waals surface area contributed by atoms with Crippen LogP contribution in [0.15, 0.2) is 41.0 Å². The van der Waals surface area contributed by atoms with Gasteiger partial charge in [0.05, 0.1) is 23.9 Å². The quantitative estimate of drug-likeness (QED) is 0.473. The molecule has 0 fully saturated rings. The molecule has 6 heteroatoms. The summed E-state index contributed by atoms with van der Waals surface area (Å²) in [6.45, 7) is 0. The molecule has 1 aromatic heterocycles. The van der Waals surface area contributed by atoms with E-state index in [1.807, 2.05) is 0 Å². The van der Waals surface area contributed by atoms with Crippen molar-refractivity contribution in [2.24, 2.45) is 0 Å². The van der Waals surface area contributed by atoms with Gasteiger partial charge in [-0.2, -0.15) is 0 Å². The lowest BCUT2D eigenvalue weighted by Gasteiger charge is -2.05. The molecule has 0 aliphatic heterocycles. The lowest BCUT2D eigenvalue weighted by molar-refractivity contribution is -0.384. The molecular formula is C12H9NO5. The molecule has 0 spiro atoms. The summed E-state index contributed by atoms with van der Waals surface area (Å²) in [5.41, 5.74) is 0.438. The van der Waals surface area contributed by atoms with Crippen molar-refractivity contribution in [1.82, 2.24) is 0 Å². The number of nitro groups is 1. The second kappa shape index (κ2) is 4.70. The molecule has 1 aromatic carbocycles. The minimum absolute atomic E-state index is 0.117. The van der Waals surface area contributed by atoms with Crippen LogP contribution in [0.2, 0.25) is 0 Å². The Morgan fingerprint density at radius 1 is 1.39 bits per heavy atom. The van der Waals surface area contributed by atoms with Gasteiger partial charge in [0.1, 0.15) is 5.76 Å². The summed E-state index contributed by atoms with van der Waals surface area (Å²) in [4.78, 5) is 21.8. The molecule has 2 aromatic rings. The van der Waals surface area contributed by atoms with Crippen molar-refractivity contribution >= 4 is 11.7 Å². The first-order chi connectivity index (χ1) is 8.63. The number of carbonyl (C=O) groups is 1. The minimum Gasteiger partial charge on any atom is -0.465 e. The van der Waals surface area contributed by atoms with Crippen LogP contribution in [0.25, 0.3) is 11.3 Å². The molecule has 0 bridgehead atoms. The minimum atomic E-state index is -0.573. The van der Waals surface area contributed by atoms with E-state index in [1.54, 1.807) is 12.1 Å². The molecular weight excluding hydrogens is 238 g/mol. The van der Waals surface area contributed by atoms with Crippen LogP contribution in [0.4, 0.5) is 5.69 Å². The number of methoxy groups -OCH3 is 1. The van der Waals surface area contributed by atoms with Gasteiger partial charge in [-0.3, -0.25) is 10.1 Å². The van der Waals surface area contributed by atoms with E-state index in [1.165, 1.54) is 31.6 Å². The van der Waals surface area contributed by atoms with Crippen LogP contribution in [0.3, 0.4) is 0 Å².